The van der Waals surface area contributed by atoms with E-state index in [0.29, 0.717) is 18.1 Å². The van der Waals surface area contributed by atoms with Crippen molar-refractivity contribution in [2.45, 2.75) is 70.1 Å². The molecule has 1 aliphatic rings. The Hall–Kier alpha value is -3.33. The molecule has 0 atom stereocenters. The summed E-state index contributed by atoms with van der Waals surface area (Å²) >= 11 is 12.8. The summed E-state index contributed by atoms with van der Waals surface area (Å²) in [4.78, 5) is 36.0. The summed E-state index contributed by atoms with van der Waals surface area (Å²) in [5, 5.41) is 5.00. The average molecular weight is 672 g/mol. The van der Waals surface area contributed by atoms with E-state index < -0.39 is 54.8 Å². The van der Waals surface area contributed by atoms with E-state index in [-0.39, 0.29) is 71.2 Å². The first-order valence-corrected chi connectivity index (χ1v) is 14.1. The van der Waals surface area contributed by atoms with Crippen LogP contribution in [0.4, 0.5) is 30.7 Å². The Bertz CT molecular complexity index is 1520. The molecule has 0 aliphatic heterocycles. The molecule has 0 spiro atoms. The molecule has 4 rings (SSSR count). The lowest BCUT2D eigenvalue weighted by Gasteiger charge is -2.30. The first kappa shape index (κ1) is 33.6. The molecule has 240 valence electrons. The lowest BCUT2D eigenvalue weighted by atomic mass is 9.85. The van der Waals surface area contributed by atoms with Crippen molar-refractivity contribution >= 4 is 46.2 Å². The summed E-state index contributed by atoms with van der Waals surface area (Å²) in [5.74, 6) is -7.53. The van der Waals surface area contributed by atoms with Crippen LogP contribution in [0.1, 0.15) is 59.9 Å². The van der Waals surface area contributed by atoms with Gasteiger partial charge in [0.05, 0.1) is 16.5 Å². The topological polar surface area (TPSA) is 109 Å². The quantitative estimate of drug-likeness (QED) is 0.210. The second-order valence-corrected chi connectivity index (χ2v) is 11.2. The minimum atomic E-state index is -4.32. The van der Waals surface area contributed by atoms with Gasteiger partial charge < -0.3 is 20.4 Å². The van der Waals surface area contributed by atoms with Crippen molar-refractivity contribution in [3.05, 3.63) is 50.8 Å². The van der Waals surface area contributed by atoms with Gasteiger partial charge in [-0.2, -0.15) is 26.9 Å². The second-order valence-electron chi connectivity index (χ2n) is 10.4. The van der Waals surface area contributed by atoms with E-state index in [9.17, 15) is 40.3 Å². The summed E-state index contributed by atoms with van der Waals surface area (Å²) in [6.07, 6.45) is -7.41. The van der Waals surface area contributed by atoms with Gasteiger partial charge in [0.2, 0.25) is 5.88 Å². The maximum Gasteiger partial charge on any atom is 0.391 e. The third-order valence-electron chi connectivity index (χ3n) is 7.05. The first-order chi connectivity index (χ1) is 20.5. The molecular formula is C27H26Cl2F7N5O3. The number of H-pyrrole nitrogens is 1. The highest BCUT2D eigenvalue weighted by Crippen LogP contribution is 2.38. The molecule has 0 bridgehead atoms. The van der Waals surface area contributed by atoms with Gasteiger partial charge in [-0.05, 0) is 48.9 Å². The van der Waals surface area contributed by atoms with Gasteiger partial charge in [0.15, 0.2) is 12.3 Å². The number of aromatic amines is 1. The van der Waals surface area contributed by atoms with Crippen molar-refractivity contribution in [2.75, 3.05) is 6.61 Å². The molecular weight excluding hydrogens is 646 g/mol. The molecule has 2 aromatic heterocycles. The van der Waals surface area contributed by atoms with E-state index in [4.69, 9.17) is 27.9 Å². The van der Waals surface area contributed by atoms with Crippen LogP contribution in [0.15, 0.2) is 18.2 Å². The average Bonchev–Trinajstić information content (AvgIpc) is 3.33. The third kappa shape index (κ3) is 8.23. The third-order valence-corrected chi connectivity index (χ3v) is 7.88. The fourth-order valence-corrected chi connectivity index (χ4v) is 5.32. The number of imidazole rings is 1. The highest BCUT2D eigenvalue weighted by molar-refractivity contribution is 6.36. The van der Waals surface area contributed by atoms with Crippen LogP contribution in [-0.2, 0) is 17.8 Å². The number of amides is 2. The van der Waals surface area contributed by atoms with Gasteiger partial charge >= 0.3 is 12.1 Å². The summed E-state index contributed by atoms with van der Waals surface area (Å²) in [6.45, 7) is -0.937. The minimum Gasteiger partial charge on any atom is -0.471 e. The number of hydrogen-bond donors (Lipinski definition) is 3. The lowest BCUT2D eigenvalue weighted by Crippen LogP contribution is -2.40. The monoisotopic (exact) mass is 671 g/mol. The van der Waals surface area contributed by atoms with Crippen molar-refractivity contribution in [3.63, 3.8) is 0 Å². The Kier molecular flexibility index (Phi) is 10.2. The molecule has 0 saturated heterocycles. The zero-order chi connectivity index (χ0) is 32.4. The standard InChI is InChI=1S/C27H26Cl2F7N5O3/c1-26(32,33)25(43)37-10-12-2-7-17(28)15(21(12)29)9-20-39-18-8-16(24(41-22(18)40-20)44-11-19(30)31)23(42)38-14-5-3-13(4-6-14)27(34,35)36/h2,7-8,13-14,19H,3-6,9-11H2,1H3,(H,37,43)(H,38,42)(H,39,40,41). The van der Waals surface area contributed by atoms with Crippen molar-refractivity contribution in [3.8, 4) is 5.88 Å². The molecule has 1 aromatic carbocycles. The first-order valence-electron chi connectivity index (χ1n) is 13.3. The van der Waals surface area contributed by atoms with E-state index in [1.807, 2.05) is 0 Å². The number of carbonyl (C=O) groups excluding carboxylic acids is 2. The van der Waals surface area contributed by atoms with E-state index in [1.54, 1.807) is 0 Å². The molecule has 1 fully saturated rings. The van der Waals surface area contributed by atoms with Crippen LogP contribution >= 0.6 is 23.2 Å². The molecule has 44 heavy (non-hydrogen) atoms. The number of ether oxygens (including phenoxy) is 1. The molecule has 2 heterocycles. The Morgan fingerprint density at radius 1 is 1.09 bits per heavy atom. The van der Waals surface area contributed by atoms with Gasteiger partial charge in [-0.1, -0.05) is 29.3 Å². The maximum atomic E-state index is 13.2. The highest BCUT2D eigenvalue weighted by Gasteiger charge is 2.41. The number of carbonyl (C=O) groups is 2. The molecule has 0 unspecified atom stereocenters. The normalized spacial score (nSPS) is 17.6. The van der Waals surface area contributed by atoms with Crippen molar-refractivity contribution < 1.29 is 45.1 Å². The van der Waals surface area contributed by atoms with Crippen molar-refractivity contribution in [1.82, 2.24) is 25.6 Å². The Morgan fingerprint density at radius 3 is 2.39 bits per heavy atom. The molecule has 3 N–H and O–H groups in total. The highest BCUT2D eigenvalue weighted by atomic mass is 35.5. The van der Waals surface area contributed by atoms with Crippen LogP contribution in [0.25, 0.3) is 11.2 Å². The van der Waals surface area contributed by atoms with Crippen LogP contribution in [-0.4, -0.2) is 57.9 Å². The molecule has 2 amide bonds. The number of fused-ring (bicyclic) bond motifs is 1. The largest absolute Gasteiger partial charge is 0.471 e. The van der Waals surface area contributed by atoms with Crippen LogP contribution in [0.2, 0.25) is 10.0 Å². The van der Waals surface area contributed by atoms with E-state index in [1.165, 1.54) is 18.2 Å². The summed E-state index contributed by atoms with van der Waals surface area (Å²) in [5.41, 5.74) is 0.587. The maximum absolute atomic E-state index is 13.2. The zero-order valence-electron chi connectivity index (χ0n) is 22.9. The number of alkyl halides is 7. The molecule has 0 radical (unpaired) electrons. The SMILES string of the molecule is CC(F)(F)C(=O)NCc1ccc(Cl)c(Cc2nc3nc(OCC(F)F)c(C(=O)NC4CCC(C(F)(F)F)CC4)cc3[nH]2)c1Cl. The fourth-order valence-electron chi connectivity index (χ4n) is 4.75. The lowest BCUT2D eigenvalue weighted by molar-refractivity contribution is -0.182. The molecule has 17 heteroatoms. The van der Waals surface area contributed by atoms with E-state index in [2.05, 4.69) is 25.6 Å². The van der Waals surface area contributed by atoms with Crippen molar-refractivity contribution in [2.24, 2.45) is 5.92 Å². The zero-order valence-corrected chi connectivity index (χ0v) is 24.4. The number of rotatable bonds is 10. The predicted molar refractivity (Wildman–Crippen MR) is 146 cm³/mol. The second kappa shape index (κ2) is 13.3. The van der Waals surface area contributed by atoms with Gasteiger partial charge in [-0.15, -0.1) is 0 Å². The van der Waals surface area contributed by atoms with E-state index in [0.717, 1.165) is 0 Å². The number of halogens is 9. The molecule has 1 aliphatic carbocycles. The Labute approximate surface area is 256 Å². The van der Waals surface area contributed by atoms with Gasteiger partial charge in [0.1, 0.15) is 11.4 Å². The number of pyridine rings is 1. The van der Waals surface area contributed by atoms with Gasteiger partial charge in [-0.25, -0.2) is 13.8 Å². The van der Waals surface area contributed by atoms with Gasteiger partial charge in [0.25, 0.3) is 18.2 Å². The van der Waals surface area contributed by atoms with Crippen LogP contribution in [0, 0.1) is 5.92 Å². The Balaban J connectivity index is 1.56. The number of nitrogens with one attached hydrogen (secondary N) is 3. The summed E-state index contributed by atoms with van der Waals surface area (Å²) in [6, 6.07) is 3.62. The summed E-state index contributed by atoms with van der Waals surface area (Å²) in [7, 11) is 0. The Morgan fingerprint density at radius 2 is 1.77 bits per heavy atom. The summed E-state index contributed by atoms with van der Waals surface area (Å²) < 4.78 is 96.4. The number of benzene rings is 1. The minimum absolute atomic E-state index is 0.00709. The van der Waals surface area contributed by atoms with E-state index >= 15 is 0 Å². The molecule has 8 nitrogen and oxygen atoms in total. The smallest absolute Gasteiger partial charge is 0.391 e. The van der Waals surface area contributed by atoms with Gasteiger partial charge in [0, 0.05) is 31.0 Å². The van der Waals surface area contributed by atoms with Crippen molar-refractivity contribution in [1.29, 1.82) is 0 Å². The van der Waals surface area contributed by atoms with Crippen LogP contribution in [0.5, 0.6) is 5.88 Å². The van der Waals surface area contributed by atoms with Crippen LogP contribution in [0.3, 0.4) is 0 Å². The number of hydrogen-bond acceptors (Lipinski definition) is 5. The number of aromatic nitrogens is 3. The predicted octanol–water partition coefficient (Wildman–Crippen LogP) is 6.62. The molecule has 1 saturated carbocycles. The molecule has 3 aromatic rings. The van der Waals surface area contributed by atoms with Crippen LogP contribution < -0.4 is 15.4 Å². The van der Waals surface area contributed by atoms with Gasteiger partial charge in [-0.3, -0.25) is 9.59 Å². The number of nitrogens with zero attached hydrogens (tertiary/aromatic N) is 2. The fraction of sp³-hybridized carbons (Fsp3) is 0.481.